The van der Waals surface area contributed by atoms with Crippen LogP contribution in [-0.2, 0) is 0 Å². The van der Waals surface area contributed by atoms with Crippen molar-refractivity contribution in [2.75, 3.05) is 16.5 Å². The van der Waals surface area contributed by atoms with Crippen LogP contribution in [0.25, 0.3) is 0 Å². The average molecular weight is 312 g/mol. The van der Waals surface area contributed by atoms with E-state index in [0.29, 0.717) is 12.2 Å². The number of rotatable bonds is 3. The van der Waals surface area contributed by atoms with Gasteiger partial charge >= 0.3 is 0 Å². The highest BCUT2D eigenvalue weighted by molar-refractivity contribution is 5.98. The first-order chi connectivity index (χ1) is 11.1. The van der Waals surface area contributed by atoms with Crippen LogP contribution < -0.4 is 9.80 Å². The van der Waals surface area contributed by atoms with Gasteiger partial charge in [-0.25, -0.2) is 4.39 Å². The van der Waals surface area contributed by atoms with E-state index >= 15 is 0 Å². The SMILES string of the molecule is CC(=NO)c1ccc(N2C=CN(c3cnccc3C)C2)cc1F. The topological polar surface area (TPSA) is 52.0 Å². The normalized spacial score (nSPS) is 14.7. The van der Waals surface area contributed by atoms with Crippen LogP contribution in [-0.4, -0.2) is 22.6 Å². The summed E-state index contributed by atoms with van der Waals surface area (Å²) >= 11 is 0. The third kappa shape index (κ3) is 2.88. The second-order valence-corrected chi connectivity index (χ2v) is 5.39. The van der Waals surface area contributed by atoms with Gasteiger partial charge in [-0.05, 0) is 43.7 Å². The molecular formula is C17H17FN4O. The molecule has 1 aliphatic heterocycles. The number of nitrogens with zero attached hydrogens (tertiary/aromatic N) is 4. The molecule has 0 spiro atoms. The fourth-order valence-electron chi connectivity index (χ4n) is 2.53. The summed E-state index contributed by atoms with van der Waals surface area (Å²) in [5, 5.41) is 11.8. The quantitative estimate of drug-likeness (QED) is 0.535. The highest BCUT2D eigenvalue weighted by atomic mass is 19.1. The lowest BCUT2D eigenvalue weighted by Crippen LogP contribution is -2.25. The minimum absolute atomic E-state index is 0.249. The van der Waals surface area contributed by atoms with Gasteiger partial charge in [-0.2, -0.15) is 0 Å². The summed E-state index contributed by atoms with van der Waals surface area (Å²) in [6.07, 6.45) is 7.41. The van der Waals surface area contributed by atoms with E-state index in [0.717, 1.165) is 16.9 Å². The number of hydrogen-bond donors (Lipinski definition) is 1. The molecule has 1 aromatic carbocycles. The van der Waals surface area contributed by atoms with Gasteiger partial charge in [0, 0.05) is 29.8 Å². The lowest BCUT2D eigenvalue weighted by atomic mass is 10.1. The summed E-state index contributed by atoms with van der Waals surface area (Å²) in [6, 6.07) is 6.81. The van der Waals surface area contributed by atoms with Gasteiger partial charge < -0.3 is 15.0 Å². The third-order valence-electron chi connectivity index (χ3n) is 3.88. The molecule has 23 heavy (non-hydrogen) atoms. The van der Waals surface area contributed by atoms with Crippen LogP contribution >= 0.6 is 0 Å². The largest absolute Gasteiger partial charge is 0.411 e. The van der Waals surface area contributed by atoms with Crippen LogP contribution in [0.3, 0.4) is 0 Å². The number of hydrogen-bond acceptors (Lipinski definition) is 5. The molecule has 0 aliphatic carbocycles. The van der Waals surface area contributed by atoms with E-state index in [4.69, 9.17) is 5.21 Å². The molecule has 1 aromatic heterocycles. The second kappa shape index (κ2) is 6.08. The summed E-state index contributed by atoms with van der Waals surface area (Å²) in [7, 11) is 0. The van der Waals surface area contributed by atoms with Gasteiger partial charge in [0.25, 0.3) is 0 Å². The van der Waals surface area contributed by atoms with E-state index in [1.54, 1.807) is 25.3 Å². The molecule has 0 atom stereocenters. The zero-order chi connectivity index (χ0) is 16.4. The Balaban J connectivity index is 1.82. The van der Waals surface area contributed by atoms with Crippen LogP contribution in [0.15, 0.2) is 54.2 Å². The summed E-state index contributed by atoms with van der Waals surface area (Å²) < 4.78 is 14.2. The number of oxime groups is 1. The average Bonchev–Trinajstić information content (AvgIpc) is 3.04. The highest BCUT2D eigenvalue weighted by Gasteiger charge is 2.18. The lowest BCUT2D eigenvalue weighted by molar-refractivity contribution is 0.319. The number of aromatic nitrogens is 1. The number of anilines is 2. The van der Waals surface area contributed by atoms with Crippen molar-refractivity contribution in [1.82, 2.24) is 4.98 Å². The van der Waals surface area contributed by atoms with Gasteiger partial charge in [0.15, 0.2) is 0 Å². The monoisotopic (exact) mass is 312 g/mol. The molecule has 3 rings (SSSR count). The molecule has 5 nitrogen and oxygen atoms in total. The summed E-state index contributed by atoms with van der Waals surface area (Å²) in [5.41, 5.74) is 3.42. The molecule has 0 radical (unpaired) electrons. The molecular weight excluding hydrogens is 295 g/mol. The maximum atomic E-state index is 14.2. The standard InChI is InChI=1S/C17H17FN4O/c1-12-5-6-19-10-17(12)22-8-7-21(11-22)14-3-4-15(13(2)20-23)16(18)9-14/h3-10,23H,11H2,1-2H3. The first kappa shape index (κ1) is 15.0. The summed E-state index contributed by atoms with van der Waals surface area (Å²) in [6.45, 7) is 4.16. The zero-order valence-electron chi connectivity index (χ0n) is 12.9. The second-order valence-electron chi connectivity index (χ2n) is 5.39. The minimum Gasteiger partial charge on any atom is -0.411 e. The van der Waals surface area contributed by atoms with Crippen molar-refractivity contribution < 1.29 is 9.60 Å². The lowest BCUT2D eigenvalue weighted by Gasteiger charge is -2.22. The Morgan fingerprint density at radius 3 is 2.74 bits per heavy atom. The number of pyridine rings is 1. The van der Waals surface area contributed by atoms with Crippen LogP contribution in [0.4, 0.5) is 15.8 Å². The Morgan fingerprint density at radius 2 is 2.04 bits per heavy atom. The minimum atomic E-state index is -0.415. The highest BCUT2D eigenvalue weighted by Crippen LogP contribution is 2.27. The predicted octanol–water partition coefficient (Wildman–Crippen LogP) is 3.48. The fraction of sp³-hybridized carbons (Fsp3) is 0.176. The van der Waals surface area contributed by atoms with E-state index in [1.165, 1.54) is 6.07 Å². The molecule has 0 saturated carbocycles. The molecule has 1 aliphatic rings. The Hall–Kier alpha value is -2.89. The van der Waals surface area contributed by atoms with Crippen molar-refractivity contribution in [2.24, 2.45) is 5.16 Å². The molecule has 118 valence electrons. The van der Waals surface area contributed by atoms with Gasteiger partial charge in [-0.3, -0.25) is 4.98 Å². The van der Waals surface area contributed by atoms with Crippen LogP contribution in [0.2, 0.25) is 0 Å². The third-order valence-corrected chi connectivity index (χ3v) is 3.88. The summed E-state index contributed by atoms with van der Waals surface area (Å²) in [5.74, 6) is -0.415. The van der Waals surface area contributed by atoms with E-state index in [-0.39, 0.29) is 5.71 Å². The molecule has 0 bridgehead atoms. The molecule has 2 heterocycles. The molecule has 1 N–H and O–H groups in total. The number of benzene rings is 1. The first-order valence-corrected chi connectivity index (χ1v) is 7.21. The van der Waals surface area contributed by atoms with Crippen molar-refractivity contribution in [3.8, 4) is 0 Å². The van der Waals surface area contributed by atoms with Crippen LogP contribution in [0.5, 0.6) is 0 Å². The Morgan fingerprint density at radius 1 is 1.26 bits per heavy atom. The molecule has 0 amide bonds. The van der Waals surface area contributed by atoms with Gasteiger partial charge in [0.05, 0.1) is 24.3 Å². The smallest absolute Gasteiger partial charge is 0.134 e. The zero-order valence-corrected chi connectivity index (χ0v) is 12.9. The van der Waals surface area contributed by atoms with Crippen molar-refractivity contribution >= 4 is 17.1 Å². The Bertz CT molecular complexity index is 788. The van der Waals surface area contributed by atoms with Crippen molar-refractivity contribution in [1.29, 1.82) is 0 Å². The van der Waals surface area contributed by atoms with E-state index in [9.17, 15) is 4.39 Å². The number of halogens is 1. The van der Waals surface area contributed by atoms with Crippen molar-refractivity contribution in [2.45, 2.75) is 13.8 Å². The summed E-state index contributed by atoms with van der Waals surface area (Å²) in [4.78, 5) is 8.14. The van der Waals surface area contributed by atoms with E-state index < -0.39 is 5.82 Å². The molecule has 2 aromatic rings. The molecule has 0 unspecified atom stereocenters. The van der Waals surface area contributed by atoms with Crippen LogP contribution in [0, 0.1) is 12.7 Å². The number of aryl methyl sites for hydroxylation is 1. The van der Waals surface area contributed by atoms with Gasteiger partial charge in [-0.1, -0.05) is 5.16 Å². The Kier molecular flexibility index (Phi) is 3.97. The maximum Gasteiger partial charge on any atom is 0.134 e. The molecule has 6 heteroatoms. The Labute approximate surface area is 134 Å². The van der Waals surface area contributed by atoms with E-state index in [1.807, 2.05) is 36.5 Å². The molecule has 0 fully saturated rings. The maximum absolute atomic E-state index is 14.2. The fourth-order valence-corrected chi connectivity index (χ4v) is 2.53. The van der Waals surface area contributed by atoms with Crippen LogP contribution in [0.1, 0.15) is 18.1 Å². The van der Waals surface area contributed by atoms with Crippen molar-refractivity contribution in [3.63, 3.8) is 0 Å². The molecule has 0 saturated heterocycles. The van der Waals surface area contributed by atoms with Gasteiger partial charge in [0.2, 0.25) is 0 Å². The van der Waals surface area contributed by atoms with Gasteiger partial charge in [0.1, 0.15) is 5.82 Å². The van der Waals surface area contributed by atoms with Gasteiger partial charge in [-0.15, -0.1) is 0 Å². The van der Waals surface area contributed by atoms with E-state index in [2.05, 4.69) is 15.0 Å². The first-order valence-electron chi connectivity index (χ1n) is 7.21. The predicted molar refractivity (Wildman–Crippen MR) is 88.3 cm³/mol. The van der Waals surface area contributed by atoms with Crippen molar-refractivity contribution in [3.05, 3.63) is 66.0 Å².